The van der Waals surface area contributed by atoms with Crippen LogP contribution in [0, 0.1) is 5.82 Å². The van der Waals surface area contributed by atoms with E-state index < -0.39 is 0 Å². The SMILES string of the molecule is CC(N)Cc1c(Cl)cccc1OCc1cc(Br)ccc1F. The molecule has 0 aliphatic carbocycles. The number of halogens is 3. The summed E-state index contributed by atoms with van der Waals surface area (Å²) in [5.41, 5.74) is 7.17. The number of benzene rings is 2. The Kier molecular flexibility index (Phi) is 5.62. The van der Waals surface area contributed by atoms with Crippen molar-refractivity contribution in [2.45, 2.75) is 26.0 Å². The van der Waals surface area contributed by atoms with Crippen LogP contribution in [-0.2, 0) is 13.0 Å². The van der Waals surface area contributed by atoms with E-state index in [0.717, 1.165) is 10.0 Å². The van der Waals surface area contributed by atoms with Crippen LogP contribution in [0.3, 0.4) is 0 Å². The Hall–Kier alpha value is -1.10. The molecular weight excluding hydrogens is 357 g/mol. The zero-order valence-corrected chi connectivity index (χ0v) is 13.9. The van der Waals surface area contributed by atoms with Gasteiger partial charge < -0.3 is 10.5 Å². The van der Waals surface area contributed by atoms with E-state index in [0.29, 0.717) is 22.8 Å². The minimum absolute atomic E-state index is 0.0325. The monoisotopic (exact) mass is 371 g/mol. The molecule has 1 atom stereocenters. The first-order chi connectivity index (χ1) is 9.97. The molecule has 5 heteroatoms. The first-order valence-corrected chi connectivity index (χ1v) is 7.74. The van der Waals surface area contributed by atoms with Crippen molar-refractivity contribution in [3.8, 4) is 5.75 Å². The molecule has 2 aromatic rings. The molecule has 0 aliphatic rings. The maximum Gasteiger partial charge on any atom is 0.129 e. The summed E-state index contributed by atoms with van der Waals surface area (Å²) in [5, 5.41) is 0.611. The fourth-order valence-corrected chi connectivity index (χ4v) is 2.66. The summed E-state index contributed by atoms with van der Waals surface area (Å²) < 4.78 is 20.3. The zero-order chi connectivity index (χ0) is 15.4. The van der Waals surface area contributed by atoms with Crippen molar-refractivity contribution in [2.24, 2.45) is 5.73 Å². The Morgan fingerprint density at radius 1 is 1.33 bits per heavy atom. The van der Waals surface area contributed by atoms with Crippen molar-refractivity contribution in [1.82, 2.24) is 0 Å². The summed E-state index contributed by atoms with van der Waals surface area (Å²) in [6.07, 6.45) is 0.607. The molecule has 0 aromatic heterocycles. The van der Waals surface area contributed by atoms with E-state index in [-0.39, 0.29) is 18.5 Å². The van der Waals surface area contributed by atoms with Gasteiger partial charge in [0.05, 0.1) is 0 Å². The highest BCUT2D eigenvalue weighted by Gasteiger charge is 2.11. The van der Waals surface area contributed by atoms with Crippen molar-refractivity contribution >= 4 is 27.5 Å². The van der Waals surface area contributed by atoms with Gasteiger partial charge >= 0.3 is 0 Å². The standard InChI is InChI=1S/C16H16BrClFNO/c1-10(20)7-13-14(18)3-2-4-16(13)21-9-11-8-12(17)5-6-15(11)19/h2-6,8,10H,7,9,20H2,1H3. The molecule has 2 nitrogen and oxygen atoms in total. The summed E-state index contributed by atoms with van der Waals surface area (Å²) in [7, 11) is 0. The Morgan fingerprint density at radius 3 is 2.81 bits per heavy atom. The molecule has 21 heavy (non-hydrogen) atoms. The fraction of sp³-hybridized carbons (Fsp3) is 0.250. The summed E-state index contributed by atoms with van der Waals surface area (Å²) in [6.45, 7) is 2.04. The van der Waals surface area contributed by atoms with E-state index in [1.54, 1.807) is 24.3 Å². The summed E-state index contributed by atoms with van der Waals surface area (Å²) >= 11 is 9.52. The van der Waals surface area contributed by atoms with Crippen molar-refractivity contribution in [3.63, 3.8) is 0 Å². The van der Waals surface area contributed by atoms with Gasteiger partial charge in [-0.2, -0.15) is 0 Å². The topological polar surface area (TPSA) is 35.2 Å². The Bertz CT molecular complexity index is 634. The van der Waals surface area contributed by atoms with Gasteiger partial charge in [-0.1, -0.05) is 33.6 Å². The van der Waals surface area contributed by atoms with E-state index in [2.05, 4.69) is 15.9 Å². The van der Waals surface area contributed by atoms with Crippen LogP contribution < -0.4 is 10.5 Å². The lowest BCUT2D eigenvalue weighted by Gasteiger charge is -2.15. The third-order valence-electron chi connectivity index (χ3n) is 2.99. The highest BCUT2D eigenvalue weighted by molar-refractivity contribution is 9.10. The third kappa shape index (κ3) is 4.43. The second-order valence-corrected chi connectivity index (χ2v) is 6.25. The molecule has 0 aliphatic heterocycles. The Labute approximate surface area is 137 Å². The molecule has 1 unspecified atom stereocenters. The first kappa shape index (κ1) is 16.3. The predicted molar refractivity (Wildman–Crippen MR) is 87.2 cm³/mol. The molecule has 0 amide bonds. The van der Waals surface area contributed by atoms with Crippen LogP contribution in [0.4, 0.5) is 4.39 Å². The van der Waals surface area contributed by atoms with Gasteiger partial charge in [0.25, 0.3) is 0 Å². The van der Waals surface area contributed by atoms with Crippen LogP contribution in [-0.4, -0.2) is 6.04 Å². The van der Waals surface area contributed by atoms with Crippen LogP contribution >= 0.6 is 27.5 Å². The van der Waals surface area contributed by atoms with Crippen LogP contribution in [0.1, 0.15) is 18.1 Å². The average molecular weight is 373 g/mol. The molecule has 112 valence electrons. The molecular formula is C16H16BrClFNO. The number of hydrogen-bond donors (Lipinski definition) is 1. The van der Waals surface area contributed by atoms with E-state index in [4.69, 9.17) is 22.1 Å². The van der Waals surface area contributed by atoms with Gasteiger partial charge in [-0.3, -0.25) is 0 Å². The average Bonchev–Trinajstić information content (AvgIpc) is 2.42. The molecule has 0 saturated heterocycles. The van der Waals surface area contributed by atoms with Crippen LogP contribution in [0.15, 0.2) is 40.9 Å². The maximum atomic E-state index is 13.7. The minimum Gasteiger partial charge on any atom is -0.488 e. The van der Waals surface area contributed by atoms with Crippen molar-refractivity contribution in [2.75, 3.05) is 0 Å². The number of rotatable bonds is 5. The lowest BCUT2D eigenvalue weighted by Crippen LogP contribution is -2.18. The van der Waals surface area contributed by atoms with Gasteiger partial charge in [-0.25, -0.2) is 4.39 Å². The second kappa shape index (κ2) is 7.25. The van der Waals surface area contributed by atoms with Crippen molar-refractivity contribution < 1.29 is 9.13 Å². The van der Waals surface area contributed by atoms with Crippen LogP contribution in [0.5, 0.6) is 5.75 Å². The predicted octanol–water partition coefficient (Wildman–Crippen LogP) is 4.71. The Morgan fingerprint density at radius 2 is 2.10 bits per heavy atom. The first-order valence-electron chi connectivity index (χ1n) is 6.57. The van der Waals surface area contributed by atoms with E-state index in [1.807, 2.05) is 13.0 Å². The quantitative estimate of drug-likeness (QED) is 0.825. The lowest BCUT2D eigenvalue weighted by molar-refractivity contribution is 0.296. The second-order valence-electron chi connectivity index (χ2n) is 4.92. The number of nitrogens with two attached hydrogens (primary N) is 1. The maximum absolute atomic E-state index is 13.7. The summed E-state index contributed by atoms with van der Waals surface area (Å²) in [4.78, 5) is 0. The molecule has 2 aromatic carbocycles. The minimum atomic E-state index is -0.297. The summed E-state index contributed by atoms with van der Waals surface area (Å²) in [5.74, 6) is 0.341. The zero-order valence-electron chi connectivity index (χ0n) is 11.6. The molecule has 2 rings (SSSR count). The van der Waals surface area contributed by atoms with Crippen LogP contribution in [0.2, 0.25) is 5.02 Å². The molecule has 0 bridgehead atoms. The third-order valence-corrected chi connectivity index (χ3v) is 3.84. The number of hydrogen-bond acceptors (Lipinski definition) is 2. The summed E-state index contributed by atoms with van der Waals surface area (Å²) in [6, 6.07) is 10.1. The smallest absolute Gasteiger partial charge is 0.129 e. The Balaban J connectivity index is 2.20. The van der Waals surface area contributed by atoms with Crippen molar-refractivity contribution in [3.05, 3.63) is 62.8 Å². The number of ether oxygens (including phenoxy) is 1. The lowest BCUT2D eigenvalue weighted by atomic mass is 10.1. The molecule has 0 radical (unpaired) electrons. The highest BCUT2D eigenvalue weighted by atomic mass is 79.9. The van der Waals surface area contributed by atoms with E-state index in [1.165, 1.54) is 6.07 Å². The largest absolute Gasteiger partial charge is 0.488 e. The molecule has 0 spiro atoms. The molecule has 0 heterocycles. The van der Waals surface area contributed by atoms with E-state index in [9.17, 15) is 4.39 Å². The van der Waals surface area contributed by atoms with Gasteiger partial charge in [0.15, 0.2) is 0 Å². The van der Waals surface area contributed by atoms with Gasteiger partial charge in [0.2, 0.25) is 0 Å². The van der Waals surface area contributed by atoms with Crippen LogP contribution in [0.25, 0.3) is 0 Å². The van der Waals surface area contributed by atoms with E-state index >= 15 is 0 Å². The van der Waals surface area contributed by atoms with Gasteiger partial charge in [-0.15, -0.1) is 0 Å². The normalized spacial score (nSPS) is 12.2. The van der Waals surface area contributed by atoms with Gasteiger partial charge in [0.1, 0.15) is 18.2 Å². The highest BCUT2D eigenvalue weighted by Crippen LogP contribution is 2.28. The van der Waals surface area contributed by atoms with Gasteiger partial charge in [0, 0.05) is 26.7 Å². The molecule has 0 fully saturated rings. The van der Waals surface area contributed by atoms with Crippen molar-refractivity contribution in [1.29, 1.82) is 0 Å². The van der Waals surface area contributed by atoms with Gasteiger partial charge in [-0.05, 0) is 43.7 Å². The molecule has 0 saturated carbocycles. The fourth-order valence-electron chi connectivity index (χ4n) is 2.00. The molecule has 2 N–H and O–H groups in total.